The van der Waals surface area contributed by atoms with Crippen LogP contribution in [0.5, 0.6) is 5.75 Å². The molecule has 2 fully saturated rings. The highest BCUT2D eigenvalue weighted by Crippen LogP contribution is 2.34. The van der Waals surface area contributed by atoms with Gasteiger partial charge >= 0.3 is 0 Å². The van der Waals surface area contributed by atoms with E-state index in [0.29, 0.717) is 40.2 Å². The lowest BCUT2D eigenvalue weighted by Crippen LogP contribution is -2.46. The van der Waals surface area contributed by atoms with Crippen molar-refractivity contribution in [3.63, 3.8) is 0 Å². The second-order valence-electron chi connectivity index (χ2n) is 6.80. The number of hydrogen-bond acceptors (Lipinski definition) is 6. The largest absolute Gasteiger partial charge is 0.496 e. The first kappa shape index (κ1) is 15.6. The van der Waals surface area contributed by atoms with Crippen LogP contribution < -0.4 is 9.64 Å². The van der Waals surface area contributed by atoms with Crippen molar-refractivity contribution in [3.8, 4) is 16.9 Å². The smallest absolute Gasteiger partial charge is 0.300 e. The Bertz CT molecular complexity index is 973. The molecule has 0 N–H and O–H groups in total. The van der Waals surface area contributed by atoms with Crippen LogP contribution in [0.1, 0.15) is 6.42 Å². The Morgan fingerprint density at radius 1 is 1.27 bits per heavy atom. The summed E-state index contributed by atoms with van der Waals surface area (Å²) in [6, 6.07) is 7.63. The number of nitrogens with zero attached hydrogens (tertiary/aromatic N) is 4. The Hall–Kier alpha value is -2.67. The lowest BCUT2D eigenvalue weighted by molar-refractivity contribution is 0.304. The average molecular weight is 354 g/mol. The van der Waals surface area contributed by atoms with Crippen molar-refractivity contribution < 1.29 is 13.5 Å². The van der Waals surface area contributed by atoms with Gasteiger partial charge in [0.05, 0.1) is 12.7 Å². The molecule has 0 amide bonds. The molecule has 0 saturated carbocycles. The topological polar surface area (TPSA) is 54.6 Å². The van der Waals surface area contributed by atoms with Crippen molar-refractivity contribution in [1.29, 1.82) is 0 Å². The van der Waals surface area contributed by atoms with Crippen molar-refractivity contribution in [3.05, 3.63) is 36.3 Å². The summed E-state index contributed by atoms with van der Waals surface area (Å²) in [5, 5.41) is 0. The SMILES string of the molecule is COc1cccc(F)c1-c1cnc2oc(N3CC[N@@]4CCC3C4)nc2c1. The van der Waals surface area contributed by atoms with Gasteiger partial charge in [-0.1, -0.05) is 6.07 Å². The Morgan fingerprint density at radius 3 is 3.08 bits per heavy atom. The molecule has 2 aliphatic heterocycles. The van der Waals surface area contributed by atoms with E-state index in [4.69, 9.17) is 9.15 Å². The molecular weight excluding hydrogens is 335 g/mol. The fourth-order valence-electron chi connectivity index (χ4n) is 3.98. The normalized spacial score (nSPS) is 22.2. The van der Waals surface area contributed by atoms with E-state index in [1.807, 2.05) is 0 Å². The minimum Gasteiger partial charge on any atom is -0.496 e. The summed E-state index contributed by atoms with van der Waals surface area (Å²) in [6.45, 7) is 4.13. The Kier molecular flexibility index (Phi) is 3.56. The predicted octanol–water partition coefficient (Wildman–Crippen LogP) is 2.93. The number of methoxy groups -OCH3 is 1. The van der Waals surface area contributed by atoms with Crippen LogP contribution in [0.25, 0.3) is 22.4 Å². The van der Waals surface area contributed by atoms with Crippen LogP contribution in [-0.2, 0) is 0 Å². The number of rotatable bonds is 3. The molecule has 7 heteroatoms. The van der Waals surface area contributed by atoms with Crippen LogP contribution in [0, 0.1) is 5.82 Å². The van der Waals surface area contributed by atoms with Gasteiger partial charge in [0.25, 0.3) is 6.01 Å². The molecule has 2 bridgehead atoms. The molecule has 2 aliphatic rings. The monoisotopic (exact) mass is 354 g/mol. The first-order chi connectivity index (χ1) is 12.7. The lowest BCUT2D eigenvalue weighted by Gasteiger charge is -2.32. The zero-order valence-corrected chi connectivity index (χ0v) is 14.5. The van der Waals surface area contributed by atoms with Crippen molar-refractivity contribution >= 4 is 17.2 Å². The van der Waals surface area contributed by atoms with Crippen molar-refractivity contribution in [2.24, 2.45) is 0 Å². The van der Waals surface area contributed by atoms with E-state index in [0.717, 1.165) is 32.6 Å². The molecule has 5 rings (SSSR count). The zero-order chi connectivity index (χ0) is 17.7. The number of anilines is 1. The summed E-state index contributed by atoms with van der Waals surface area (Å²) < 4.78 is 25.6. The maximum absolute atomic E-state index is 14.4. The van der Waals surface area contributed by atoms with E-state index in [1.165, 1.54) is 13.2 Å². The predicted molar refractivity (Wildman–Crippen MR) is 95.9 cm³/mol. The van der Waals surface area contributed by atoms with Gasteiger partial charge in [-0.15, -0.1) is 0 Å². The number of piperazine rings is 1. The fourth-order valence-corrected chi connectivity index (χ4v) is 3.98. The number of fused-ring (bicyclic) bond motifs is 3. The first-order valence-electron chi connectivity index (χ1n) is 8.81. The number of pyridine rings is 1. The van der Waals surface area contributed by atoms with Crippen molar-refractivity contribution in [1.82, 2.24) is 14.9 Å². The van der Waals surface area contributed by atoms with Gasteiger partial charge in [0, 0.05) is 44.0 Å². The van der Waals surface area contributed by atoms with Crippen LogP contribution in [-0.4, -0.2) is 54.2 Å². The molecule has 26 heavy (non-hydrogen) atoms. The third-order valence-electron chi connectivity index (χ3n) is 5.31. The maximum Gasteiger partial charge on any atom is 0.300 e. The third-order valence-corrected chi connectivity index (χ3v) is 5.31. The van der Waals surface area contributed by atoms with Crippen LogP contribution >= 0.6 is 0 Å². The second-order valence-corrected chi connectivity index (χ2v) is 6.80. The van der Waals surface area contributed by atoms with Gasteiger partial charge in [-0.2, -0.15) is 4.98 Å². The number of halogens is 1. The van der Waals surface area contributed by atoms with E-state index in [-0.39, 0.29) is 5.82 Å². The number of aromatic nitrogens is 2. The van der Waals surface area contributed by atoms with Gasteiger partial charge in [-0.25, -0.2) is 9.37 Å². The Morgan fingerprint density at radius 2 is 2.19 bits per heavy atom. The van der Waals surface area contributed by atoms with E-state index < -0.39 is 0 Å². The molecule has 134 valence electrons. The fraction of sp³-hybridized carbons (Fsp3) is 0.368. The summed E-state index contributed by atoms with van der Waals surface area (Å²) in [4.78, 5) is 13.7. The van der Waals surface area contributed by atoms with Gasteiger partial charge in [-0.3, -0.25) is 4.90 Å². The number of benzene rings is 1. The molecule has 1 aromatic carbocycles. The molecule has 0 aliphatic carbocycles. The van der Waals surface area contributed by atoms with Gasteiger partial charge in [0.1, 0.15) is 17.1 Å². The highest BCUT2D eigenvalue weighted by molar-refractivity contribution is 5.80. The average Bonchev–Trinajstić information content (AvgIpc) is 3.25. The van der Waals surface area contributed by atoms with Gasteiger partial charge < -0.3 is 14.1 Å². The summed E-state index contributed by atoms with van der Waals surface area (Å²) >= 11 is 0. The molecule has 1 unspecified atom stereocenters. The number of ether oxygens (including phenoxy) is 1. The quantitative estimate of drug-likeness (QED) is 0.721. The molecule has 2 atom stereocenters. The van der Waals surface area contributed by atoms with E-state index in [1.54, 1.807) is 24.4 Å². The highest BCUT2D eigenvalue weighted by atomic mass is 19.1. The van der Waals surface area contributed by atoms with E-state index in [9.17, 15) is 4.39 Å². The van der Waals surface area contributed by atoms with Gasteiger partial charge in [0.2, 0.25) is 5.71 Å². The first-order valence-corrected chi connectivity index (χ1v) is 8.81. The second kappa shape index (κ2) is 5.95. The van der Waals surface area contributed by atoms with E-state index in [2.05, 4.69) is 19.8 Å². The lowest BCUT2D eigenvalue weighted by atomic mass is 10.1. The standard InChI is InChI=1S/C19H19FN4O2/c1-25-16-4-2-3-14(20)17(16)12-9-15-18(21-10-12)26-19(22-15)24-8-7-23-6-5-13(24)11-23/h2-4,9-10,13H,5-8,11H2,1H3. The van der Waals surface area contributed by atoms with Gasteiger partial charge in [0.15, 0.2) is 0 Å². The Labute approximate surface area is 150 Å². The van der Waals surface area contributed by atoms with Crippen LogP contribution in [0.2, 0.25) is 0 Å². The third kappa shape index (κ3) is 2.42. The number of hydrogen-bond donors (Lipinski definition) is 0. The minimum absolute atomic E-state index is 0.351. The molecule has 0 radical (unpaired) electrons. The van der Waals surface area contributed by atoms with Crippen molar-refractivity contribution in [2.75, 3.05) is 38.2 Å². The summed E-state index contributed by atoms with van der Waals surface area (Å²) in [7, 11) is 1.53. The highest BCUT2D eigenvalue weighted by Gasteiger charge is 2.34. The molecular formula is C19H19FN4O2. The molecule has 2 saturated heterocycles. The molecule has 3 aromatic rings. The zero-order valence-electron chi connectivity index (χ0n) is 14.5. The minimum atomic E-state index is -0.351. The van der Waals surface area contributed by atoms with Crippen LogP contribution in [0.4, 0.5) is 10.4 Å². The molecule has 0 spiro atoms. The summed E-state index contributed by atoms with van der Waals surface area (Å²) in [5.41, 5.74) is 2.11. The molecule has 4 heterocycles. The summed E-state index contributed by atoms with van der Waals surface area (Å²) in [5.74, 6) is 0.119. The molecule has 6 nitrogen and oxygen atoms in total. The molecule has 2 aromatic heterocycles. The summed E-state index contributed by atoms with van der Waals surface area (Å²) in [6.07, 6.45) is 2.73. The number of oxazole rings is 1. The van der Waals surface area contributed by atoms with Crippen LogP contribution in [0.3, 0.4) is 0 Å². The van der Waals surface area contributed by atoms with Crippen molar-refractivity contribution in [2.45, 2.75) is 12.5 Å². The van der Waals surface area contributed by atoms with E-state index >= 15 is 0 Å². The maximum atomic E-state index is 14.4. The Balaban J connectivity index is 1.55. The van der Waals surface area contributed by atoms with Gasteiger partial charge in [-0.05, 0) is 24.6 Å². The van der Waals surface area contributed by atoms with Crippen LogP contribution in [0.15, 0.2) is 34.9 Å².